The van der Waals surface area contributed by atoms with E-state index in [2.05, 4.69) is 11.4 Å². The zero-order valence-electron chi connectivity index (χ0n) is 8.99. The number of hydrogen-bond acceptors (Lipinski definition) is 3. The molecule has 1 unspecified atom stereocenters. The Morgan fingerprint density at radius 3 is 3.06 bits per heavy atom. The summed E-state index contributed by atoms with van der Waals surface area (Å²) in [6.45, 7) is 2.26. The van der Waals surface area contributed by atoms with E-state index in [-0.39, 0.29) is 11.9 Å². The van der Waals surface area contributed by atoms with E-state index in [1.165, 1.54) is 6.07 Å². The van der Waals surface area contributed by atoms with Crippen LogP contribution in [0, 0.1) is 17.1 Å². The summed E-state index contributed by atoms with van der Waals surface area (Å²) >= 11 is 0. The van der Waals surface area contributed by atoms with E-state index < -0.39 is 0 Å². The molecular weight excluding hydrogens is 205 g/mol. The summed E-state index contributed by atoms with van der Waals surface area (Å²) in [6, 6.07) is 9.05. The van der Waals surface area contributed by atoms with Gasteiger partial charge in [0.2, 0.25) is 0 Å². The maximum atomic E-state index is 13.6. The molecule has 1 atom stereocenters. The van der Waals surface area contributed by atoms with Crippen LogP contribution in [0.1, 0.15) is 6.42 Å². The van der Waals surface area contributed by atoms with E-state index in [4.69, 9.17) is 5.26 Å². The lowest BCUT2D eigenvalue weighted by Gasteiger charge is -2.34. The topological polar surface area (TPSA) is 39.1 Å². The van der Waals surface area contributed by atoms with Gasteiger partial charge in [-0.1, -0.05) is 12.1 Å². The molecule has 0 saturated carbocycles. The summed E-state index contributed by atoms with van der Waals surface area (Å²) in [5.41, 5.74) is 0.631. The van der Waals surface area contributed by atoms with E-state index in [0.29, 0.717) is 18.7 Å². The second kappa shape index (κ2) is 4.95. The number of rotatable bonds is 2. The van der Waals surface area contributed by atoms with Crippen molar-refractivity contribution in [1.29, 1.82) is 5.26 Å². The lowest BCUT2D eigenvalue weighted by Crippen LogP contribution is -2.50. The molecule has 1 N–H and O–H groups in total. The van der Waals surface area contributed by atoms with E-state index in [1.807, 2.05) is 11.0 Å². The minimum atomic E-state index is -0.194. The number of nitrogens with zero attached hydrogens (tertiary/aromatic N) is 2. The minimum absolute atomic E-state index is 0.137. The molecule has 1 saturated heterocycles. The van der Waals surface area contributed by atoms with Crippen LogP contribution in [0.2, 0.25) is 0 Å². The predicted octanol–water partition coefficient (Wildman–Crippen LogP) is 1.52. The fraction of sp³-hybridized carbons (Fsp3) is 0.417. The van der Waals surface area contributed by atoms with Gasteiger partial charge in [-0.3, -0.25) is 0 Å². The number of halogens is 1. The van der Waals surface area contributed by atoms with Gasteiger partial charge >= 0.3 is 0 Å². The van der Waals surface area contributed by atoms with Crippen molar-refractivity contribution in [2.75, 3.05) is 24.5 Å². The fourth-order valence-corrected chi connectivity index (χ4v) is 2.00. The Kier molecular flexibility index (Phi) is 3.37. The number of benzene rings is 1. The van der Waals surface area contributed by atoms with Gasteiger partial charge < -0.3 is 10.2 Å². The van der Waals surface area contributed by atoms with Crippen LogP contribution in [0.5, 0.6) is 0 Å². The molecule has 1 fully saturated rings. The standard InChI is InChI=1S/C12H14FN3/c13-11-3-1-2-4-12(11)16-8-7-15-10(9-16)5-6-14/h1-4,10,15H,5,7-9H2. The van der Waals surface area contributed by atoms with Crippen molar-refractivity contribution in [3.8, 4) is 6.07 Å². The minimum Gasteiger partial charge on any atom is -0.366 e. The number of para-hydroxylation sites is 1. The zero-order valence-corrected chi connectivity index (χ0v) is 8.99. The molecule has 0 spiro atoms. The molecule has 0 amide bonds. The fourth-order valence-electron chi connectivity index (χ4n) is 2.00. The second-order valence-electron chi connectivity index (χ2n) is 3.91. The van der Waals surface area contributed by atoms with Gasteiger partial charge in [0.1, 0.15) is 5.82 Å². The Morgan fingerprint density at radius 1 is 1.50 bits per heavy atom. The number of nitriles is 1. The summed E-state index contributed by atoms with van der Waals surface area (Å²) in [6.07, 6.45) is 0.463. The number of anilines is 1. The van der Waals surface area contributed by atoms with Crippen molar-refractivity contribution < 1.29 is 4.39 Å². The highest BCUT2D eigenvalue weighted by Crippen LogP contribution is 2.20. The maximum Gasteiger partial charge on any atom is 0.146 e. The summed E-state index contributed by atoms with van der Waals surface area (Å²) < 4.78 is 13.6. The normalized spacial score (nSPS) is 20.5. The van der Waals surface area contributed by atoms with Crippen molar-refractivity contribution in [3.05, 3.63) is 30.1 Å². The molecular formula is C12H14FN3. The van der Waals surface area contributed by atoms with Crippen molar-refractivity contribution in [2.24, 2.45) is 0 Å². The van der Waals surface area contributed by atoms with Gasteiger partial charge in [0.25, 0.3) is 0 Å². The molecule has 1 aromatic rings. The lowest BCUT2D eigenvalue weighted by atomic mass is 10.1. The van der Waals surface area contributed by atoms with Crippen molar-refractivity contribution in [3.63, 3.8) is 0 Å². The Labute approximate surface area is 94.5 Å². The van der Waals surface area contributed by atoms with Crippen molar-refractivity contribution in [1.82, 2.24) is 5.32 Å². The van der Waals surface area contributed by atoms with Gasteiger partial charge in [0, 0.05) is 25.7 Å². The molecule has 0 bridgehead atoms. The third kappa shape index (κ3) is 2.31. The second-order valence-corrected chi connectivity index (χ2v) is 3.91. The molecule has 1 aliphatic rings. The molecule has 1 aromatic carbocycles. The molecule has 3 nitrogen and oxygen atoms in total. The van der Waals surface area contributed by atoms with E-state index >= 15 is 0 Å². The van der Waals surface area contributed by atoms with Crippen LogP contribution in [0.3, 0.4) is 0 Å². The third-order valence-electron chi connectivity index (χ3n) is 2.79. The number of hydrogen-bond donors (Lipinski definition) is 1. The Bertz CT molecular complexity index is 399. The van der Waals surface area contributed by atoms with Gasteiger partial charge in [-0.05, 0) is 12.1 Å². The van der Waals surface area contributed by atoms with E-state index in [0.717, 1.165) is 13.1 Å². The van der Waals surface area contributed by atoms with E-state index in [1.54, 1.807) is 12.1 Å². The number of piperazine rings is 1. The first-order valence-corrected chi connectivity index (χ1v) is 5.41. The van der Waals surface area contributed by atoms with Gasteiger partial charge in [-0.2, -0.15) is 5.26 Å². The van der Waals surface area contributed by atoms with Crippen LogP contribution in [-0.4, -0.2) is 25.7 Å². The average Bonchev–Trinajstić information content (AvgIpc) is 2.30. The quantitative estimate of drug-likeness (QED) is 0.819. The molecule has 0 aromatic heterocycles. The van der Waals surface area contributed by atoms with Gasteiger partial charge in [-0.15, -0.1) is 0 Å². The smallest absolute Gasteiger partial charge is 0.146 e. The molecule has 2 rings (SSSR count). The summed E-state index contributed by atoms with van der Waals surface area (Å²) in [4.78, 5) is 1.99. The first kappa shape index (κ1) is 10.9. The summed E-state index contributed by atoms with van der Waals surface area (Å²) in [5.74, 6) is -0.194. The number of nitrogens with one attached hydrogen (secondary N) is 1. The molecule has 1 aliphatic heterocycles. The Hall–Kier alpha value is -1.60. The summed E-state index contributed by atoms with van der Waals surface area (Å²) in [5, 5.41) is 11.9. The van der Waals surface area contributed by atoms with Gasteiger partial charge in [0.05, 0.1) is 18.2 Å². The largest absolute Gasteiger partial charge is 0.366 e. The van der Waals surface area contributed by atoms with Crippen molar-refractivity contribution in [2.45, 2.75) is 12.5 Å². The molecule has 0 aliphatic carbocycles. The molecule has 4 heteroatoms. The van der Waals surface area contributed by atoms with Crippen molar-refractivity contribution >= 4 is 5.69 Å². The highest BCUT2D eigenvalue weighted by Gasteiger charge is 2.20. The van der Waals surface area contributed by atoms with Gasteiger partial charge in [0.15, 0.2) is 0 Å². The van der Waals surface area contributed by atoms with Crippen LogP contribution in [0.15, 0.2) is 24.3 Å². The molecule has 1 heterocycles. The highest BCUT2D eigenvalue weighted by atomic mass is 19.1. The maximum absolute atomic E-state index is 13.6. The molecule has 0 radical (unpaired) electrons. The van der Waals surface area contributed by atoms with Crippen LogP contribution < -0.4 is 10.2 Å². The van der Waals surface area contributed by atoms with Crippen LogP contribution >= 0.6 is 0 Å². The van der Waals surface area contributed by atoms with Crippen LogP contribution in [0.25, 0.3) is 0 Å². The SMILES string of the molecule is N#CCC1CN(c2ccccc2F)CCN1. The van der Waals surface area contributed by atoms with Crippen LogP contribution in [0.4, 0.5) is 10.1 Å². The monoisotopic (exact) mass is 219 g/mol. The first-order chi connectivity index (χ1) is 7.81. The summed E-state index contributed by atoms with van der Waals surface area (Å²) in [7, 11) is 0. The highest BCUT2D eigenvalue weighted by molar-refractivity contribution is 5.48. The zero-order chi connectivity index (χ0) is 11.4. The Balaban J connectivity index is 2.10. The predicted molar refractivity (Wildman–Crippen MR) is 60.6 cm³/mol. The first-order valence-electron chi connectivity index (χ1n) is 5.41. The Morgan fingerprint density at radius 2 is 2.31 bits per heavy atom. The third-order valence-corrected chi connectivity index (χ3v) is 2.79. The average molecular weight is 219 g/mol. The van der Waals surface area contributed by atoms with Gasteiger partial charge in [-0.25, -0.2) is 4.39 Å². The molecule has 84 valence electrons. The molecule has 16 heavy (non-hydrogen) atoms. The van der Waals surface area contributed by atoms with E-state index in [9.17, 15) is 4.39 Å². The lowest BCUT2D eigenvalue weighted by molar-refractivity contribution is 0.458. The van der Waals surface area contributed by atoms with Crippen LogP contribution in [-0.2, 0) is 0 Å².